The molecular weight excluding hydrogens is 417 g/mol. The van der Waals surface area contributed by atoms with Gasteiger partial charge in [-0.05, 0) is 56.0 Å². The molecule has 2 aromatic heterocycles. The van der Waals surface area contributed by atoms with Gasteiger partial charge in [-0.2, -0.15) is 0 Å². The molecule has 1 atom stereocenters. The van der Waals surface area contributed by atoms with Crippen LogP contribution in [0.2, 0.25) is 10.0 Å². The highest BCUT2D eigenvalue weighted by Gasteiger charge is 2.32. The molecule has 3 aromatic rings. The summed E-state index contributed by atoms with van der Waals surface area (Å²) in [5.74, 6) is 1.35. The van der Waals surface area contributed by atoms with Gasteiger partial charge in [0.1, 0.15) is 5.76 Å². The Kier molecular flexibility index (Phi) is 5.73. The number of amides is 1. The van der Waals surface area contributed by atoms with E-state index in [0.29, 0.717) is 28.2 Å². The lowest BCUT2D eigenvalue weighted by Gasteiger charge is -2.23. The molecule has 1 aliphatic rings. The summed E-state index contributed by atoms with van der Waals surface area (Å²) >= 11 is 13.7. The van der Waals surface area contributed by atoms with E-state index in [1.54, 1.807) is 29.5 Å². The number of hydrogen-bond acceptors (Lipinski definition) is 5. The molecule has 5 nitrogen and oxygen atoms in total. The largest absolute Gasteiger partial charge is 0.440 e. The molecule has 28 heavy (non-hydrogen) atoms. The molecule has 0 bridgehead atoms. The third-order valence-electron chi connectivity index (χ3n) is 4.83. The van der Waals surface area contributed by atoms with Crippen molar-refractivity contribution in [3.8, 4) is 10.8 Å². The Morgan fingerprint density at radius 1 is 1.39 bits per heavy atom. The lowest BCUT2D eigenvalue weighted by Crippen LogP contribution is -2.39. The van der Waals surface area contributed by atoms with Gasteiger partial charge in [-0.3, -0.25) is 9.69 Å². The SMILES string of the molecule is Cc1oc(-c2cccs2)nc1CN1CCC[C@H]1C(=O)Nc1ccc(Cl)cc1Cl. The number of carbonyl (C=O) groups excluding carboxylic acids is 1. The van der Waals surface area contributed by atoms with Crippen LogP contribution in [-0.2, 0) is 11.3 Å². The molecule has 0 spiro atoms. The fourth-order valence-corrected chi connectivity index (χ4v) is 4.50. The smallest absolute Gasteiger partial charge is 0.241 e. The number of aryl methyl sites for hydroxylation is 1. The zero-order chi connectivity index (χ0) is 19.7. The predicted molar refractivity (Wildman–Crippen MR) is 113 cm³/mol. The molecule has 1 fully saturated rings. The molecule has 3 heterocycles. The van der Waals surface area contributed by atoms with Gasteiger partial charge < -0.3 is 9.73 Å². The number of nitrogens with one attached hydrogen (secondary N) is 1. The minimum atomic E-state index is -0.229. The van der Waals surface area contributed by atoms with Gasteiger partial charge in [0.15, 0.2) is 0 Å². The summed E-state index contributed by atoms with van der Waals surface area (Å²) in [5, 5.41) is 5.89. The van der Waals surface area contributed by atoms with E-state index in [0.717, 1.165) is 35.7 Å². The van der Waals surface area contributed by atoms with Crippen molar-refractivity contribution in [3.05, 3.63) is 57.2 Å². The number of nitrogens with zero attached hydrogens (tertiary/aromatic N) is 2. The van der Waals surface area contributed by atoms with E-state index in [1.807, 2.05) is 24.4 Å². The van der Waals surface area contributed by atoms with Crippen molar-refractivity contribution in [2.45, 2.75) is 32.4 Å². The normalized spacial score (nSPS) is 17.2. The Bertz CT molecular complexity index is 988. The van der Waals surface area contributed by atoms with Crippen LogP contribution in [-0.4, -0.2) is 28.4 Å². The number of oxazole rings is 1. The number of likely N-dealkylation sites (tertiary alicyclic amines) is 1. The molecule has 1 aliphatic heterocycles. The number of benzene rings is 1. The Morgan fingerprint density at radius 3 is 3.00 bits per heavy atom. The molecule has 4 rings (SSSR count). The molecule has 1 aromatic carbocycles. The third kappa shape index (κ3) is 4.10. The van der Waals surface area contributed by atoms with Crippen LogP contribution in [0.3, 0.4) is 0 Å². The minimum Gasteiger partial charge on any atom is -0.440 e. The highest BCUT2D eigenvalue weighted by atomic mass is 35.5. The number of thiophene rings is 1. The molecular formula is C20H19Cl2N3O2S. The quantitative estimate of drug-likeness (QED) is 0.564. The molecule has 0 radical (unpaired) electrons. The topological polar surface area (TPSA) is 58.4 Å². The summed E-state index contributed by atoms with van der Waals surface area (Å²) in [7, 11) is 0. The van der Waals surface area contributed by atoms with E-state index < -0.39 is 0 Å². The van der Waals surface area contributed by atoms with Crippen molar-refractivity contribution >= 4 is 46.1 Å². The first-order valence-corrected chi connectivity index (χ1v) is 10.6. The monoisotopic (exact) mass is 435 g/mol. The van der Waals surface area contributed by atoms with Crippen molar-refractivity contribution in [2.24, 2.45) is 0 Å². The van der Waals surface area contributed by atoms with E-state index in [4.69, 9.17) is 27.6 Å². The third-order valence-corrected chi connectivity index (χ3v) is 6.24. The molecule has 1 saturated heterocycles. The van der Waals surface area contributed by atoms with Crippen LogP contribution >= 0.6 is 34.5 Å². The molecule has 1 N–H and O–H groups in total. The fourth-order valence-electron chi connectivity index (χ4n) is 3.39. The van der Waals surface area contributed by atoms with E-state index in [9.17, 15) is 4.79 Å². The number of rotatable bonds is 5. The maximum absolute atomic E-state index is 12.8. The Labute approximate surface area is 177 Å². The lowest BCUT2D eigenvalue weighted by atomic mass is 10.2. The van der Waals surface area contributed by atoms with Gasteiger partial charge in [0.2, 0.25) is 11.8 Å². The first kappa shape index (κ1) is 19.5. The van der Waals surface area contributed by atoms with Gasteiger partial charge in [-0.25, -0.2) is 4.98 Å². The maximum atomic E-state index is 12.8. The molecule has 1 amide bonds. The van der Waals surface area contributed by atoms with Crippen LogP contribution in [0.5, 0.6) is 0 Å². The van der Waals surface area contributed by atoms with E-state index >= 15 is 0 Å². The van der Waals surface area contributed by atoms with Crippen molar-refractivity contribution in [1.29, 1.82) is 0 Å². The van der Waals surface area contributed by atoms with E-state index in [1.165, 1.54) is 0 Å². The maximum Gasteiger partial charge on any atom is 0.241 e. The van der Waals surface area contributed by atoms with Crippen molar-refractivity contribution in [1.82, 2.24) is 9.88 Å². The predicted octanol–water partition coefficient (Wildman–Crippen LogP) is 5.62. The van der Waals surface area contributed by atoms with Crippen LogP contribution in [0.25, 0.3) is 10.8 Å². The summed E-state index contributed by atoms with van der Waals surface area (Å²) in [6.07, 6.45) is 1.76. The van der Waals surface area contributed by atoms with Gasteiger partial charge in [-0.1, -0.05) is 29.3 Å². The average Bonchev–Trinajstić information content (AvgIpc) is 3.39. The first-order chi connectivity index (χ1) is 13.5. The molecule has 0 aliphatic carbocycles. The highest BCUT2D eigenvalue weighted by molar-refractivity contribution is 7.13. The molecule has 8 heteroatoms. The van der Waals surface area contributed by atoms with E-state index in [2.05, 4.69) is 15.2 Å². The zero-order valence-corrected chi connectivity index (χ0v) is 17.6. The van der Waals surface area contributed by atoms with Crippen LogP contribution < -0.4 is 5.32 Å². The van der Waals surface area contributed by atoms with Gasteiger partial charge in [0.05, 0.1) is 27.3 Å². The lowest BCUT2D eigenvalue weighted by molar-refractivity contribution is -0.120. The summed E-state index contributed by atoms with van der Waals surface area (Å²) in [5.41, 5.74) is 1.44. The first-order valence-electron chi connectivity index (χ1n) is 9.01. The highest BCUT2D eigenvalue weighted by Crippen LogP contribution is 2.29. The number of halogens is 2. The van der Waals surface area contributed by atoms with Crippen LogP contribution in [0.15, 0.2) is 40.1 Å². The van der Waals surface area contributed by atoms with Crippen LogP contribution in [0, 0.1) is 6.92 Å². The van der Waals surface area contributed by atoms with Crippen molar-refractivity contribution in [3.63, 3.8) is 0 Å². The number of hydrogen-bond donors (Lipinski definition) is 1. The number of carbonyl (C=O) groups is 1. The second-order valence-electron chi connectivity index (χ2n) is 6.74. The standard InChI is InChI=1S/C20H19Cl2N3O2S/c1-12-16(24-20(27-12)18-5-3-9-28-18)11-25-8-2-4-17(25)19(26)23-15-7-6-13(21)10-14(15)22/h3,5-7,9-10,17H,2,4,8,11H2,1H3,(H,23,26)/t17-/m0/s1. The van der Waals surface area contributed by atoms with Crippen molar-refractivity contribution in [2.75, 3.05) is 11.9 Å². The molecule has 0 unspecified atom stereocenters. The van der Waals surface area contributed by atoms with E-state index in [-0.39, 0.29) is 11.9 Å². The number of anilines is 1. The average molecular weight is 436 g/mol. The Morgan fingerprint density at radius 2 is 2.25 bits per heavy atom. The van der Waals surface area contributed by atoms with Gasteiger partial charge in [-0.15, -0.1) is 11.3 Å². The zero-order valence-electron chi connectivity index (χ0n) is 15.2. The van der Waals surface area contributed by atoms with Gasteiger partial charge in [0, 0.05) is 11.6 Å². The molecule has 0 saturated carbocycles. The number of aromatic nitrogens is 1. The summed E-state index contributed by atoms with van der Waals surface area (Å²) in [6.45, 7) is 3.33. The Balaban J connectivity index is 1.47. The summed E-state index contributed by atoms with van der Waals surface area (Å²) in [4.78, 5) is 20.6. The van der Waals surface area contributed by atoms with Crippen LogP contribution in [0.1, 0.15) is 24.3 Å². The molecule has 146 valence electrons. The summed E-state index contributed by atoms with van der Waals surface area (Å²) < 4.78 is 5.83. The van der Waals surface area contributed by atoms with Crippen LogP contribution in [0.4, 0.5) is 5.69 Å². The second kappa shape index (κ2) is 8.25. The van der Waals surface area contributed by atoms with Gasteiger partial charge in [0.25, 0.3) is 0 Å². The summed E-state index contributed by atoms with van der Waals surface area (Å²) in [6, 6.07) is 8.78. The van der Waals surface area contributed by atoms with Gasteiger partial charge >= 0.3 is 0 Å². The minimum absolute atomic E-state index is 0.0682. The second-order valence-corrected chi connectivity index (χ2v) is 8.53. The fraction of sp³-hybridized carbons (Fsp3) is 0.300. The Hall–Kier alpha value is -1.86. The van der Waals surface area contributed by atoms with Crippen molar-refractivity contribution < 1.29 is 9.21 Å².